The largest absolute Gasteiger partial charge is 0.477 e. The van der Waals surface area contributed by atoms with Crippen LogP contribution in [0.3, 0.4) is 0 Å². The fourth-order valence-electron chi connectivity index (χ4n) is 2.01. The molecule has 3 aromatic rings. The van der Waals surface area contributed by atoms with Crippen molar-refractivity contribution in [1.82, 2.24) is 9.61 Å². The fourth-order valence-corrected chi connectivity index (χ4v) is 2.01. The highest BCUT2D eigenvalue weighted by molar-refractivity contribution is 5.98. The van der Waals surface area contributed by atoms with Gasteiger partial charge in [-0.3, -0.25) is 0 Å². The van der Waals surface area contributed by atoms with Gasteiger partial charge in [-0.2, -0.15) is 0 Å². The number of nitrogens with zero attached hydrogens (tertiary/aromatic N) is 2. The molecule has 20 heavy (non-hydrogen) atoms. The average molecular weight is 268 g/mol. The summed E-state index contributed by atoms with van der Waals surface area (Å²) in [5.74, 6) is -0.915. The lowest BCUT2D eigenvalue weighted by atomic mass is 10.2. The van der Waals surface area contributed by atoms with Crippen molar-refractivity contribution in [2.75, 3.05) is 0 Å². The van der Waals surface area contributed by atoms with Crippen LogP contribution in [0, 0.1) is 0 Å². The average Bonchev–Trinajstić information content (AvgIpc) is 2.84. The van der Waals surface area contributed by atoms with Crippen molar-refractivity contribution in [1.29, 1.82) is 0 Å². The van der Waals surface area contributed by atoms with Crippen LogP contribution in [-0.2, 0) is 6.61 Å². The van der Waals surface area contributed by atoms with Crippen molar-refractivity contribution >= 4 is 11.5 Å². The Kier molecular flexibility index (Phi) is 3.09. The second kappa shape index (κ2) is 5.05. The predicted octanol–water partition coefficient (Wildman–Crippen LogP) is 2.61. The van der Waals surface area contributed by atoms with Crippen molar-refractivity contribution in [2.45, 2.75) is 6.61 Å². The zero-order valence-corrected chi connectivity index (χ0v) is 10.6. The van der Waals surface area contributed by atoms with Crippen molar-refractivity contribution in [2.24, 2.45) is 0 Å². The normalized spacial score (nSPS) is 10.6. The van der Waals surface area contributed by atoms with Gasteiger partial charge in [-0.05, 0) is 17.7 Å². The Morgan fingerprint density at radius 2 is 1.90 bits per heavy atom. The molecular formula is C15H12N2O3. The third-order valence-electron chi connectivity index (χ3n) is 2.94. The van der Waals surface area contributed by atoms with E-state index in [0.717, 1.165) is 5.56 Å². The number of ether oxygens (including phenoxy) is 1. The van der Waals surface area contributed by atoms with Crippen LogP contribution in [0.4, 0.5) is 0 Å². The zero-order chi connectivity index (χ0) is 13.9. The lowest BCUT2D eigenvalue weighted by Crippen LogP contribution is -2.02. The van der Waals surface area contributed by atoms with Crippen molar-refractivity contribution in [3.05, 3.63) is 65.9 Å². The molecule has 1 N–H and O–H groups in total. The first-order valence-electron chi connectivity index (χ1n) is 6.13. The molecule has 0 saturated carbocycles. The number of rotatable bonds is 4. The maximum Gasteiger partial charge on any atom is 0.343 e. The number of carbonyl (C=O) groups is 1. The van der Waals surface area contributed by atoms with Gasteiger partial charge in [-0.25, -0.2) is 9.31 Å². The Bertz CT molecular complexity index is 750. The smallest absolute Gasteiger partial charge is 0.343 e. The van der Waals surface area contributed by atoms with E-state index in [9.17, 15) is 9.90 Å². The zero-order valence-electron chi connectivity index (χ0n) is 10.6. The predicted molar refractivity (Wildman–Crippen MR) is 72.9 cm³/mol. The quantitative estimate of drug-likeness (QED) is 0.790. The van der Waals surface area contributed by atoms with Crippen molar-refractivity contribution in [3.63, 3.8) is 0 Å². The lowest BCUT2D eigenvalue weighted by molar-refractivity contribution is 0.0694. The molecular weight excluding hydrogens is 256 g/mol. The molecule has 0 aliphatic carbocycles. The minimum absolute atomic E-state index is 0.0848. The highest BCUT2D eigenvalue weighted by Gasteiger charge is 2.20. The van der Waals surface area contributed by atoms with Crippen molar-refractivity contribution < 1.29 is 14.6 Å². The number of carboxylic acids is 1. The van der Waals surface area contributed by atoms with Gasteiger partial charge in [0.05, 0.1) is 5.52 Å². The number of carboxylic acid groups (broad SMARTS) is 1. The highest BCUT2D eigenvalue weighted by atomic mass is 16.5. The molecule has 5 nitrogen and oxygen atoms in total. The molecule has 0 aliphatic rings. The number of benzene rings is 1. The Morgan fingerprint density at radius 3 is 2.65 bits per heavy atom. The summed E-state index contributed by atoms with van der Waals surface area (Å²) in [7, 11) is 0. The molecule has 100 valence electrons. The van der Waals surface area contributed by atoms with Crippen LogP contribution in [0.2, 0.25) is 0 Å². The van der Waals surface area contributed by atoms with E-state index in [2.05, 4.69) is 5.10 Å². The van der Waals surface area contributed by atoms with Gasteiger partial charge in [0.1, 0.15) is 12.2 Å². The van der Waals surface area contributed by atoms with Gasteiger partial charge in [-0.15, -0.1) is 5.10 Å². The molecule has 0 unspecified atom stereocenters. The van der Waals surface area contributed by atoms with Crippen LogP contribution in [0.1, 0.15) is 15.9 Å². The van der Waals surface area contributed by atoms with E-state index < -0.39 is 5.97 Å². The van der Waals surface area contributed by atoms with Gasteiger partial charge >= 0.3 is 5.97 Å². The van der Waals surface area contributed by atoms with Crippen molar-refractivity contribution in [3.8, 4) is 5.88 Å². The fraction of sp³-hybridized carbons (Fsp3) is 0.0667. The van der Waals surface area contributed by atoms with Gasteiger partial charge in [0.25, 0.3) is 0 Å². The minimum Gasteiger partial charge on any atom is -0.477 e. The third kappa shape index (κ3) is 2.21. The first-order chi connectivity index (χ1) is 9.75. The van der Waals surface area contributed by atoms with Gasteiger partial charge in [0.2, 0.25) is 5.88 Å². The minimum atomic E-state index is -1.05. The van der Waals surface area contributed by atoms with E-state index in [4.69, 9.17) is 4.74 Å². The summed E-state index contributed by atoms with van der Waals surface area (Å²) in [4.78, 5) is 11.4. The number of hydrogen-bond acceptors (Lipinski definition) is 3. The Morgan fingerprint density at radius 1 is 1.15 bits per heavy atom. The third-order valence-corrected chi connectivity index (χ3v) is 2.94. The summed E-state index contributed by atoms with van der Waals surface area (Å²) in [6, 6.07) is 14.8. The number of aromatic nitrogens is 2. The van der Waals surface area contributed by atoms with E-state index in [-0.39, 0.29) is 18.1 Å². The molecule has 0 spiro atoms. The van der Waals surface area contributed by atoms with Gasteiger partial charge < -0.3 is 9.84 Å². The second-order valence-electron chi connectivity index (χ2n) is 4.29. The topological polar surface area (TPSA) is 63.8 Å². The number of hydrogen-bond donors (Lipinski definition) is 1. The van der Waals surface area contributed by atoms with Gasteiger partial charge in [0.15, 0.2) is 0 Å². The van der Waals surface area contributed by atoms with E-state index in [1.165, 1.54) is 4.52 Å². The number of pyridine rings is 1. The second-order valence-corrected chi connectivity index (χ2v) is 4.29. The lowest BCUT2D eigenvalue weighted by Gasteiger charge is -2.03. The van der Waals surface area contributed by atoms with Crippen LogP contribution in [-0.4, -0.2) is 20.7 Å². The summed E-state index contributed by atoms with van der Waals surface area (Å²) in [5, 5.41) is 13.5. The molecule has 1 aromatic carbocycles. The Balaban J connectivity index is 1.95. The molecule has 5 heteroatoms. The SMILES string of the molecule is O=C(O)c1c(OCc2ccccc2)nn2ccccc12. The standard InChI is InChI=1S/C15H12N2O3/c18-15(19)13-12-8-4-5-9-17(12)16-14(13)20-10-11-6-2-1-3-7-11/h1-9H,10H2,(H,18,19). The molecule has 0 fully saturated rings. The molecule has 2 aromatic heterocycles. The van der Waals surface area contributed by atoms with Gasteiger partial charge in [0, 0.05) is 6.20 Å². The molecule has 0 radical (unpaired) electrons. The summed E-state index contributed by atoms with van der Waals surface area (Å²) in [6.45, 7) is 0.283. The van der Waals surface area contributed by atoms with Crippen LogP contribution in [0.5, 0.6) is 5.88 Å². The monoisotopic (exact) mass is 268 g/mol. The van der Waals surface area contributed by atoms with Crippen LogP contribution >= 0.6 is 0 Å². The molecule has 0 saturated heterocycles. The summed E-state index contributed by atoms with van der Waals surface area (Å²) in [5.41, 5.74) is 1.56. The molecule has 3 rings (SSSR count). The van der Waals surface area contributed by atoms with Gasteiger partial charge in [-0.1, -0.05) is 36.4 Å². The van der Waals surface area contributed by atoms with E-state index in [0.29, 0.717) is 5.52 Å². The highest BCUT2D eigenvalue weighted by Crippen LogP contribution is 2.23. The molecule has 0 atom stereocenters. The van der Waals surface area contributed by atoms with Crippen LogP contribution in [0.15, 0.2) is 54.7 Å². The maximum atomic E-state index is 11.4. The van der Waals surface area contributed by atoms with E-state index in [1.807, 2.05) is 30.3 Å². The summed E-state index contributed by atoms with van der Waals surface area (Å²) >= 11 is 0. The molecule has 0 bridgehead atoms. The number of aromatic carboxylic acids is 1. The first-order valence-corrected chi connectivity index (χ1v) is 6.13. The Labute approximate surface area is 115 Å². The molecule has 2 heterocycles. The Hall–Kier alpha value is -2.82. The first kappa shape index (κ1) is 12.2. The van der Waals surface area contributed by atoms with E-state index in [1.54, 1.807) is 24.4 Å². The van der Waals surface area contributed by atoms with E-state index >= 15 is 0 Å². The number of fused-ring (bicyclic) bond motifs is 1. The molecule has 0 amide bonds. The summed E-state index contributed by atoms with van der Waals surface area (Å²) in [6.07, 6.45) is 1.69. The maximum absolute atomic E-state index is 11.4. The van der Waals surface area contributed by atoms with Crippen LogP contribution < -0.4 is 4.74 Å². The summed E-state index contributed by atoms with van der Waals surface area (Å²) < 4.78 is 7.06. The van der Waals surface area contributed by atoms with Crippen LogP contribution in [0.25, 0.3) is 5.52 Å². The molecule has 0 aliphatic heterocycles.